The summed E-state index contributed by atoms with van der Waals surface area (Å²) in [6, 6.07) is 8.73. The molecule has 1 aliphatic heterocycles. The van der Waals surface area contributed by atoms with Crippen LogP contribution in [-0.4, -0.2) is 33.3 Å². The van der Waals surface area contributed by atoms with Crippen LogP contribution >= 0.6 is 0 Å². The molecule has 0 radical (unpaired) electrons. The summed E-state index contributed by atoms with van der Waals surface area (Å²) in [4.78, 5) is 2.50. The van der Waals surface area contributed by atoms with Crippen LogP contribution in [-0.2, 0) is 11.3 Å². The van der Waals surface area contributed by atoms with Gasteiger partial charge < -0.3 is 15.0 Å². The second-order valence-electron chi connectivity index (χ2n) is 6.26. The predicted octanol–water partition coefficient (Wildman–Crippen LogP) is 2.90. The topological polar surface area (TPSA) is 24.5 Å². The maximum Gasteiger partial charge on any atom is 0.0713 e. The third-order valence-corrected chi connectivity index (χ3v) is 3.86. The highest BCUT2D eigenvalue weighted by molar-refractivity contribution is 5.49. The van der Waals surface area contributed by atoms with E-state index in [0.29, 0.717) is 6.61 Å². The Bertz CT molecular complexity index is 406. The first kappa shape index (κ1) is 15.3. The molecule has 20 heavy (non-hydrogen) atoms. The summed E-state index contributed by atoms with van der Waals surface area (Å²) < 4.78 is 5.21. The number of ether oxygens (including phenoxy) is 1. The molecule has 112 valence electrons. The molecule has 3 heteroatoms. The SMILES string of the molecule is COCc1cccc(N2CCC(CNCC(C)C)C2)c1. The van der Waals surface area contributed by atoms with Crippen LogP contribution in [0.5, 0.6) is 0 Å². The maximum absolute atomic E-state index is 5.21. The minimum atomic E-state index is 0.695. The van der Waals surface area contributed by atoms with Gasteiger partial charge in [0, 0.05) is 25.9 Å². The fourth-order valence-corrected chi connectivity index (χ4v) is 2.82. The minimum Gasteiger partial charge on any atom is -0.380 e. The molecular formula is C17H28N2O. The van der Waals surface area contributed by atoms with Crippen LogP contribution in [0, 0.1) is 11.8 Å². The number of hydrogen-bond donors (Lipinski definition) is 1. The van der Waals surface area contributed by atoms with E-state index in [1.165, 1.54) is 30.8 Å². The van der Waals surface area contributed by atoms with Crippen molar-refractivity contribution in [1.29, 1.82) is 0 Å². The molecule has 0 bridgehead atoms. The van der Waals surface area contributed by atoms with Crippen molar-refractivity contribution in [3.05, 3.63) is 29.8 Å². The fraction of sp³-hybridized carbons (Fsp3) is 0.647. The van der Waals surface area contributed by atoms with E-state index in [1.807, 2.05) is 0 Å². The molecule has 1 unspecified atom stereocenters. The molecule has 1 atom stereocenters. The van der Waals surface area contributed by atoms with E-state index in [2.05, 4.69) is 48.3 Å². The summed E-state index contributed by atoms with van der Waals surface area (Å²) in [6.45, 7) is 9.82. The molecule has 1 N–H and O–H groups in total. The zero-order valence-corrected chi connectivity index (χ0v) is 13.1. The van der Waals surface area contributed by atoms with E-state index in [1.54, 1.807) is 7.11 Å². The van der Waals surface area contributed by atoms with Crippen molar-refractivity contribution in [1.82, 2.24) is 5.32 Å². The molecule has 1 aromatic rings. The highest BCUT2D eigenvalue weighted by Crippen LogP contribution is 2.24. The lowest BCUT2D eigenvalue weighted by Crippen LogP contribution is -2.28. The van der Waals surface area contributed by atoms with Crippen LogP contribution in [0.4, 0.5) is 5.69 Å². The molecule has 0 saturated carbocycles. The van der Waals surface area contributed by atoms with E-state index >= 15 is 0 Å². The van der Waals surface area contributed by atoms with E-state index in [4.69, 9.17) is 4.74 Å². The first-order valence-corrected chi connectivity index (χ1v) is 7.72. The number of nitrogens with one attached hydrogen (secondary N) is 1. The third kappa shape index (κ3) is 4.50. The van der Waals surface area contributed by atoms with Gasteiger partial charge in [-0.3, -0.25) is 0 Å². The molecule has 1 aromatic carbocycles. The van der Waals surface area contributed by atoms with Crippen molar-refractivity contribution in [2.45, 2.75) is 26.9 Å². The molecule has 1 heterocycles. The second kappa shape index (κ2) is 7.65. The van der Waals surface area contributed by atoms with Crippen LogP contribution < -0.4 is 10.2 Å². The van der Waals surface area contributed by atoms with Crippen molar-refractivity contribution in [2.75, 3.05) is 38.2 Å². The van der Waals surface area contributed by atoms with Crippen LogP contribution in [0.3, 0.4) is 0 Å². The Morgan fingerprint density at radius 3 is 3.00 bits per heavy atom. The number of anilines is 1. The van der Waals surface area contributed by atoms with E-state index in [0.717, 1.165) is 24.9 Å². The normalized spacial score (nSPS) is 19.0. The summed E-state index contributed by atoms with van der Waals surface area (Å²) in [5, 5.41) is 3.58. The van der Waals surface area contributed by atoms with Crippen molar-refractivity contribution >= 4 is 5.69 Å². The number of methoxy groups -OCH3 is 1. The molecule has 1 fully saturated rings. The molecule has 1 saturated heterocycles. The smallest absolute Gasteiger partial charge is 0.0713 e. The van der Waals surface area contributed by atoms with Crippen molar-refractivity contribution < 1.29 is 4.74 Å². The lowest BCUT2D eigenvalue weighted by Gasteiger charge is -2.20. The van der Waals surface area contributed by atoms with Gasteiger partial charge in [0.2, 0.25) is 0 Å². The lowest BCUT2D eigenvalue weighted by atomic mass is 10.1. The van der Waals surface area contributed by atoms with E-state index in [9.17, 15) is 0 Å². The molecule has 3 nitrogen and oxygen atoms in total. The summed E-state index contributed by atoms with van der Waals surface area (Å²) in [7, 11) is 1.75. The predicted molar refractivity (Wildman–Crippen MR) is 85.2 cm³/mol. The molecule has 2 rings (SSSR count). The van der Waals surface area contributed by atoms with Gasteiger partial charge >= 0.3 is 0 Å². The number of rotatable bonds is 7. The highest BCUT2D eigenvalue weighted by Gasteiger charge is 2.22. The highest BCUT2D eigenvalue weighted by atomic mass is 16.5. The Kier molecular flexibility index (Phi) is 5.86. The van der Waals surface area contributed by atoms with Gasteiger partial charge in [0.05, 0.1) is 6.61 Å². The van der Waals surface area contributed by atoms with Crippen LogP contribution in [0.15, 0.2) is 24.3 Å². The van der Waals surface area contributed by atoms with Crippen LogP contribution in [0.2, 0.25) is 0 Å². The maximum atomic E-state index is 5.21. The molecule has 0 spiro atoms. The summed E-state index contributed by atoms with van der Waals surface area (Å²) in [5.74, 6) is 1.51. The van der Waals surface area contributed by atoms with Gasteiger partial charge in [-0.05, 0) is 49.0 Å². The van der Waals surface area contributed by atoms with Crippen LogP contribution in [0.25, 0.3) is 0 Å². The standard InChI is InChI=1S/C17H28N2O/c1-14(2)10-18-11-16-7-8-19(12-16)17-6-4-5-15(9-17)13-20-3/h4-6,9,14,16,18H,7-8,10-13H2,1-3H3. The lowest BCUT2D eigenvalue weighted by molar-refractivity contribution is 0.185. The zero-order valence-electron chi connectivity index (χ0n) is 13.1. The summed E-state index contributed by atoms with van der Waals surface area (Å²) in [5.41, 5.74) is 2.59. The number of nitrogens with zero attached hydrogens (tertiary/aromatic N) is 1. The molecule has 0 amide bonds. The first-order valence-electron chi connectivity index (χ1n) is 7.72. The van der Waals surface area contributed by atoms with Gasteiger partial charge in [-0.2, -0.15) is 0 Å². The van der Waals surface area contributed by atoms with Gasteiger partial charge in [-0.1, -0.05) is 26.0 Å². The van der Waals surface area contributed by atoms with Crippen molar-refractivity contribution in [2.24, 2.45) is 11.8 Å². The molecule has 0 aliphatic carbocycles. The third-order valence-electron chi connectivity index (χ3n) is 3.86. The monoisotopic (exact) mass is 276 g/mol. The van der Waals surface area contributed by atoms with Gasteiger partial charge in [-0.25, -0.2) is 0 Å². The average Bonchev–Trinajstić information content (AvgIpc) is 2.88. The molecular weight excluding hydrogens is 248 g/mol. The van der Waals surface area contributed by atoms with Gasteiger partial charge in [-0.15, -0.1) is 0 Å². The number of hydrogen-bond acceptors (Lipinski definition) is 3. The number of benzene rings is 1. The van der Waals surface area contributed by atoms with Gasteiger partial charge in [0.15, 0.2) is 0 Å². The Morgan fingerprint density at radius 2 is 2.25 bits per heavy atom. The summed E-state index contributed by atoms with van der Waals surface area (Å²) in [6.07, 6.45) is 1.29. The van der Waals surface area contributed by atoms with Gasteiger partial charge in [0.1, 0.15) is 0 Å². The average molecular weight is 276 g/mol. The van der Waals surface area contributed by atoms with E-state index in [-0.39, 0.29) is 0 Å². The van der Waals surface area contributed by atoms with E-state index < -0.39 is 0 Å². The van der Waals surface area contributed by atoms with Gasteiger partial charge in [0.25, 0.3) is 0 Å². The Hall–Kier alpha value is -1.06. The van der Waals surface area contributed by atoms with Crippen LogP contribution in [0.1, 0.15) is 25.8 Å². The summed E-state index contributed by atoms with van der Waals surface area (Å²) >= 11 is 0. The Labute approximate surface area is 123 Å². The zero-order chi connectivity index (χ0) is 14.4. The Morgan fingerprint density at radius 1 is 1.40 bits per heavy atom. The molecule has 1 aliphatic rings. The largest absolute Gasteiger partial charge is 0.380 e. The second-order valence-corrected chi connectivity index (χ2v) is 6.26. The van der Waals surface area contributed by atoms with Crippen molar-refractivity contribution in [3.63, 3.8) is 0 Å². The quantitative estimate of drug-likeness (QED) is 0.829. The molecule has 0 aromatic heterocycles. The first-order chi connectivity index (χ1) is 9.69. The minimum absolute atomic E-state index is 0.695. The van der Waals surface area contributed by atoms with Crippen molar-refractivity contribution in [3.8, 4) is 0 Å². The fourth-order valence-electron chi connectivity index (χ4n) is 2.82. The Balaban J connectivity index is 1.84.